The maximum absolute atomic E-state index is 11.1. The van der Waals surface area contributed by atoms with Crippen LogP contribution in [0.1, 0.15) is 29.6 Å². The fourth-order valence-electron chi connectivity index (χ4n) is 2.67. The maximum atomic E-state index is 11.1. The first-order valence-corrected chi connectivity index (χ1v) is 6.14. The molecule has 2 amide bonds. The van der Waals surface area contributed by atoms with Crippen molar-refractivity contribution in [2.75, 3.05) is 13.1 Å². The normalized spacial score (nSPS) is 21.4. The number of rotatable bonds is 5. The van der Waals surface area contributed by atoms with Crippen LogP contribution < -0.4 is 17.2 Å². The molecule has 2 unspecified atom stereocenters. The van der Waals surface area contributed by atoms with Gasteiger partial charge in [-0.05, 0) is 17.5 Å². The molecule has 0 bridgehead atoms. The number of benzene rings is 1. The van der Waals surface area contributed by atoms with Gasteiger partial charge in [-0.3, -0.25) is 14.5 Å². The molecular weight excluding hydrogens is 244 g/mol. The lowest BCUT2D eigenvalue weighted by molar-refractivity contribution is -0.122. The van der Waals surface area contributed by atoms with Crippen molar-refractivity contribution >= 4 is 11.8 Å². The fraction of sp³-hybridized carbons (Fsp3) is 0.385. The van der Waals surface area contributed by atoms with Gasteiger partial charge < -0.3 is 17.2 Å². The van der Waals surface area contributed by atoms with Crippen LogP contribution in [0.4, 0.5) is 0 Å². The number of hydrogen-bond donors (Lipinski definition) is 3. The van der Waals surface area contributed by atoms with E-state index < -0.39 is 11.8 Å². The summed E-state index contributed by atoms with van der Waals surface area (Å²) in [4.78, 5) is 24.0. The molecule has 2 atom stereocenters. The summed E-state index contributed by atoms with van der Waals surface area (Å²) in [5.74, 6) is -0.974. The quantitative estimate of drug-likeness (QED) is 0.657. The molecule has 0 heterocycles. The summed E-state index contributed by atoms with van der Waals surface area (Å²) in [6.07, 6.45) is 0.653. The average Bonchev–Trinajstić information content (AvgIpc) is 2.66. The minimum Gasteiger partial charge on any atom is -0.369 e. The topological polar surface area (TPSA) is 115 Å². The molecule has 0 aromatic heterocycles. The molecule has 102 valence electrons. The highest BCUT2D eigenvalue weighted by molar-refractivity contribution is 5.79. The van der Waals surface area contributed by atoms with E-state index in [0.717, 1.165) is 11.1 Å². The van der Waals surface area contributed by atoms with Crippen LogP contribution in [-0.2, 0) is 9.59 Å². The third-order valence-electron chi connectivity index (χ3n) is 3.39. The van der Waals surface area contributed by atoms with Gasteiger partial charge in [0, 0.05) is 12.1 Å². The molecule has 1 aliphatic carbocycles. The summed E-state index contributed by atoms with van der Waals surface area (Å²) in [5.41, 5.74) is 18.6. The van der Waals surface area contributed by atoms with Gasteiger partial charge in [0.25, 0.3) is 0 Å². The average molecular weight is 262 g/mol. The predicted octanol–water partition coefficient (Wildman–Crippen LogP) is -0.596. The number of carbonyl (C=O) groups excluding carboxylic acids is 2. The zero-order valence-corrected chi connectivity index (χ0v) is 10.6. The Kier molecular flexibility index (Phi) is 3.82. The van der Waals surface area contributed by atoms with Crippen molar-refractivity contribution in [2.45, 2.75) is 18.5 Å². The van der Waals surface area contributed by atoms with E-state index in [-0.39, 0.29) is 25.2 Å². The number of fused-ring (bicyclic) bond motifs is 1. The molecule has 1 aliphatic rings. The number of nitrogens with zero attached hydrogens (tertiary/aromatic N) is 1. The number of nitrogens with two attached hydrogens (primary N) is 3. The first-order chi connectivity index (χ1) is 8.99. The predicted molar refractivity (Wildman–Crippen MR) is 70.7 cm³/mol. The summed E-state index contributed by atoms with van der Waals surface area (Å²) >= 11 is 0. The van der Waals surface area contributed by atoms with Gasteiger partial charge in [0.1, 0.15) is 0 Å². The Morgan fingerprint density at radius 1 is 1.11 bits per heavy atom. The van der Waals surface area contributed by atoms with Crippen LogP contribution in [0.2, 0.25) is 0 Å². The SMILES string of the molecule is NC(=O)CN(CC(N)=O)C1CC(N)c2ccccc21. The molecule has 6 heteroatoms. The molecule has 0 fully saturated rings. The van der Waals surface area contributed by atoms with E-state index in [1.165, 1.54) is 0 Å². The number of carbonyl (C=O) groups is 2. The van der Waals surface area contributed by atoms with Crippen molar-refractivity contribution in [3.8, 4) is 0 Å². The van der Waals surface area contributed by atoms with Crippen LogP contribution in [0.3, 0.4) is 0 Å². The van der Waals surface area contributed by atoms with E-state index in [4.69, 9.17) is 17.2 Å². The van der Waals surface area contributed by atoms with E-state index in [1.807, 2.05) is 24.3 Å². The van der Waals surface area contributed by atoms with Gasteiger partial charge in [0.2, 0.25) is 11.8 Å². The van der Waals surface area contributed by atoms with Gasteiger partial charge >= 0.3 is 0 Å². The second-order valence-corrected chi connectivity index (χ2v) is 4.82. The van der Waals surface area contributed by atoms with Crippen molar-refractivity contribution in [1.82, 2.24) is 4.90 Å². The summed E-state index contributed by atoms with van der Waals surface area (Å²) in [7, 11) is 0. The van der Waals surface area contributed by atoms with E-state index in [0.29, 0.717) is 6.42 Å². The first-order valence-electron chi connectivity index (χ1n) is 6.14. The third kappa shape index (κ3) is 2.91. The Morgan fingerprint density at radius 3 is 2.16 bits per heavy atom. The molecule has 19 heavy (non-hydrogen) atoms. The summed E-state index contributed by atoms with van der Waals surface area (Å²) in [6, 6.07) is 7.58. The number of primary amides is 2. The number of amides is 2. The van der Waals surface area contributed by atoms with Crippen LogP contribution in [-0.4, -0.2) is 29.8 Å². The molecule has 6 nitrogen and oxygen atoms in total. The van der Waals surface area contributed by atoms with Gasteiger partial charge in [-0.1, -0.05) is 24.3 Å². The van der Waals surface area contributed by atoms with Crippen molar-refractivity contribution < 1.29 is 9.59 Å². The lowest BCUT2D eigenvalue weighted by Gasteiger charge is -2.27. The zero-order chi connectivity index (χ0) is 14.0. The van der Waals surface area contributed by atoms with Crippen molar-refractivity contribution in [3.05, 3.63) is 35.4 Å². The highest BCUT2D eigenvalue weighted by Gasteiger charge is 2.33. The first kappa shape index (κ1) is 13.5. The summed E-state index contributed by atoms with van der Waals surface area (Å²) < 4.78 is 0. The maximum Gasteiger partial charge on any atom is 0.231 e. The monoisotopic (exact) mass is 262 g/mol. The van der Waals surface area contributed by atoms with Crippen LogP contribution in [0.5, 0.6) is 0 Å². The minimum absolute atomic E-state index is 0.00530. The number of hydrogen-bond acceptors (Lipinski definition) is 4. The summed E-state index contributed by atoms with van der Waals surface area (Å²) in [6.45, 7) is -0.0106. The van der Waals surface area contributed by atoms with E-state index in [2.05, 4.69) is 0 Å². The van der Waals surface area contributed by atoms with E-state index in [1.54, 1.807) is 4.90 Å². The Morgan fingerprint density at radius 2 is 1.63 bits per heavy atom. The smallest absolute Gasteiger partial charge is 0.231 e. The van der Waals surface area contributed by atoms with Crippen LogP contribution in [0.15, 0.2) is 24.3 Å². The fourth-order valence-corrected chi connectivity index (χ4v) is 2.67. The van der Waals surface area contributed by atoms with Crippen LogP contribution >= 0.6 is 0 Å². The Bertz CT molecular complexity index is 487. The Labute approximate surface area is 111 Å². The highest BCUT2D eigenvalue weighted by Crippen LogP contribution is 2.40. The molecule has 0 spiro atoms. The molecule has 0 aliphatic heterocycles. The highest BCUT2D eigenvalue weighted by atomic mass is 16.2. The Balaban J connectivity index is 2.28. The van der Waals surface area contributed by atoms with Crippen LogP contribution in [0, 0.1) is 0 Å². The second-order valence-electron chi connectivity index (χ2n) is 4.82. The standard InChI is InChI=1S/C13H18N4O2/c14-10-5-11(9-4-2-1-3-8(9)10)17(6-12(15)18)7-13(16)19/h1-4,10-11H,5-7,14H2,(H2,15,18)(H2,16,19). The van der Waals surface area contributed by atoms with Gasteiger partial charge in [-0.25, -0.2) is 0 Å². The zero-order valence-electron chi connectivity index (χ0n) is 10.6. The molecule has 6 N–H and O–H groups in total. The Hall–Kier alpha value is -1.92. The van der Waals surface area contributed by atoms with Crippen molar-refractivity contribution in [2.24, 2.45) is 17.2 Å². The van der Waals surface area contributed by atoms with Gasteiger partial charge in [-0.2, -0.15) is 0 Å². The molecule has 2 rings (SSSR count). The van der Waals surface area contributed by atoms with E-state index >= 15 is 0 Å². The van der Waals surface area contributed by atoms with Crippen LogP contribution in [0.25, 0.3) is 0 Å². The lowest BCUT2D eigenvalue weighted by Crippen LogP contribution is -2.41. The molecule has 0 radical (unpaired) electrons. The molecule has 1 aromatic rings. The van der Waals surface area contributed by atoms with Gasteiger partial charge in [0.05, 0.1) is 13.1 Å². The molecular formula is C13H18N4O2. The van der Waals surface area contributed by atoms with Crippen molar-refractivity contribution in [1.29, 1.82) is 0 Å². The minimum atomic E-state index is -0.487. The third-order valence-corrected chi connectivity index (χ3v) is 3.39. The second kappa shape index (κ2) is 5.38. The van der Waals surface area contributed by atoms with E-state index in [9.17, 15) is 9.59 Å². The summed E-state index contributed by atoms with van der Waals surface area (Å²) in [5, 5.41) is 0. The van der Waals surface area contributed by atoms with Gasteiger partial charge in [0.15, 0.2) is 0 Å². The largest absolute Gasteiger partial charge is 0.369 e. The van der Waals surface area contributed by atoms with Gasteiger partial charge in [-0.15, -0.1) is 0 Å². The molecule has 0 saturated carbocycles. The van der Waals surface area contributed by atoms with Crippen molar-refractivity contribution in [3.63, 3.8) is 0 Å². The molecule has 1 aromatic carbocycles. The molecule has 0 saturated heterocycles. The lowest BCUT2D eigenvalue weighted by atomic mass is 10.1.